The summed E-state index contributed by atoms with van der Waals surface area (Å²) in [5.74, 6) is 0.830. The minimum absolute atomic E-state index is 0.418. The lowest BCUT2D eigenvalue weighted by Gasteiger charge is -2.04. The molecule has 0 unspecified atom stereocenters. The second-order valence-corrected chi connectivity index (χ2v) is 5.44. The van der Waals surface area contributed by atoms with Crippen LogP contribution in [-0.4, -0.2) is 6.61 Å². The van der Waals surface area contributed by atoms with Gasteiger partial charge in [-0.25, -0.2) is 4.89 Å². The molecule has 0 saturated carbocycles. The molecular weight excluding hydrogens is 292 g/mol. The zero-order valence-electron chi connectivity index (χ0n) is 13.8. The fraction of sp³-hybridized carbons (Fsp3) is 0.867. The van der Waals surface area contributed by atoms with Crippen LogP contribution in [0.2, 0.25) is 0 Å². The van der Waals surface area contributed by atoms with Crippen molar-refractivity contribution in [1.82, 2.24) is 0 Å². The van der Waals surface area contributed by atoms with Crippen LogP contribution in [-0.2, 0) is 35.0 Å². The van der Waals surface area contributed by atoms with Crippen molar-refractivity contribution in [2.45, 2.75) is 71.6 Å². The van der Waals surface area contributed by atoms with Crippen molar-refractivity contribution in [3.8, 4) is 0 Å². The van der Waals surface area contributed by atoms with E-state index in [0.29, 0.717) is 6.61 Å². The van der Waals surface area contributed by atoms with Gasteiger partial charge in [-0.3, -0.25) is 0 Å². The third-order valence-electron chi connectivity index (χ3n) is 3.03. The van der Waals surface area contributed by atoms with Crippen LogP contribution in [0.1, 0.15) is 71.6 Å². The molecule has 0 heterocycles. The van der Waals surface area contributed by atoms with Gasteiger partial charge in [-0.05, 0) is 22.4 Å². The summed E-state index contributed by atoms with van der Waals surface area (Å²) in [6.45, 7) is 8.17. The number of rotatable bonds is 18. The highest BCUT2D eigenvalue weighted by molar-refractivity contribution is 4.49. The van der Waals surface area contributed by atoms with Gasteiger partial charge in [-0.15, -0.1) is 0 Å². The van der Waals surface area contributed by atoms with Gasteiger partial charge in [0.05, 0.1) is 6.61 Å². The van der Waals surface area contributed by atoms with Crippen LogP contribution in [0, 0.1) is 5.92 Å². The van der Waals surface area contributed by atoms with E-state index < -0.39 is 0 Å². The van der Waals surface area contributed by atoms with E-state index in [9.17, 15) is 0 Å². The maximum atomic E-state index is 4.68. The molecule has 0 atom stereocenters. The van der Waals surface area contributed by atoms with E-state index in [1.165, 1.54) is 44.9 Å². The van der Waals surface area contributed by atoms with Crippen molar-refractivity contribution in [1.29, 1.82) is 0 Å². The van der Waals surface area contributed by atoms with Crippen LogP contribution in [0.15, 0.2) is 12.8 Å². The Hall–Kier alpha value is -0.700. The van der Waals surface area contributed by atoms with E-state index in [-0.39, 0.29) is 0 Å². The van der Waals surface area contributed by atoms with Crippen LogP contribution >= 0.6 is 0 Å². The number of unbranched alkanes of at least 4 members (excludes halogenated alkanes) is 7. The van der Waals surface area contributed by atoms with Crippen LogP contribution in [0.4, 0.5) is 0 Å². The average molecular weight is 322 g/mol. The first-order valence-electron chi connectivity index (χ1n) is 8.00. The largest absolute Gasteiger partial charge is 0.315 e. The minimum Gasteiger partial charge on any atom is -0.315 e. The summed E-state index contributed by atoms with van der Waals surface area (Å²) >= 11 is 0. The second kappa shape index (κ2) is 18.3. The van der Waals surface area contributed by atoms with Crippen LogP contribution in [0.25, 0.3) is 0 Å². The Morgan fingerprint density at radius 3 is 1.91 bits per heavy atom. The summed E-state index contributed by atoms with van der Waals surface area (Å²) in [5.41, 5.74) is 0. The Kier molecular flexibility index (Phi) is 17.8. The van der Waals surface area contributed by atoms with Crippen molar-refractivity contribution >= 4 is 0 Å². The lowest BCUT2D eigenvalue weighted by atomic mass is 10.0. The highest BCUT2D eigenvalue weighted by Gasteiger charge is 1.97. The molecule has 0 amide bonds. The van der Waals surface area contributed by atoms with Gasteiger partial charge < -0.3 is 4.89 Å². The second-order valence-electron chi connectivity index (χ2n) is 5.44. The predicted octanol–water partition coefficient (Wildman–Crippen LogP) is 4.90. The van der Waals surface area contributed by atoms with E-state index >= 15 is 0 Å². The molecule has 0 aromatic carbocycles. The first kappa shape index (κ1) is 21.3. The fourth-order valence-corrected chi connectivity index (χ4v) is 1.91. The molecule has 0 aromatic rings. The van der Waals surface area contributed by atoms with Gasteiger partial charge in [-0.2, -0.15) is 0 Å². The van der Waals surface area contributed by atoms with Crippen molar-refractivity contribution in [3.05, 3.63) is 12.8 Å². The highest BCUT2D eigenvalue weighted by atomic mass is 17.9. The third-order valence-corrected chi connectivity index (χ3v) is 3.03. The van der Waals surface area contributed by atoms with Crippen LogP contribution < -0.4 is 0 Å². The molecule has 7 heteroatoms. The van der Waals surface area contributed by atoms with E-state index in [1.54, 1.807) is 0 Å². The molecule has 0 bridgehead atoms. The highest BCUT2D eigenvalue weighted by Crippen LogP contribution is 2.12. The molecule has 0 fully saturated rings. The fourth-order valence-electron chi connectivity index (χ4n) is 1.91. The van der Waals surface area contributed by atoms with Crippen LogP contribution in [0.3, 0.4) is 0 Å². The molecule has 0 spiro atoms. The minimum atomic E-state index is 0.418. The summed E-state index contributed by atoms with van der Waals surface area (Å²) in [7, 11) is 0. The molecule has 0 aliphatic carbocycles. The maximum absolute atomic E-state index is 4.68. The van der Waals surface area contributed by atoms with Gasteiger partial charge in [0, 0.05) is 15.1 Å². The summed E-state index contributed by atoms with van der Waals surface area (Å²) in [5, 5.41) is 19.9. The van der Waals surface area contributed by atoms with E-state index in [2.05, 4.69) is 55.4 Å². The van der Waals surface area contributed by atoms with Gasteiger partial charge >= 0.3 is 0 Å². The zero-order valence-corrected chi connectivity index (χ0v) is 13.8. The molecule has 0 rings (SSSR count). The molecule has 132 valence electrons. The molecule has 7 nitrogen and oxygen atoms in total. The quantitative estimate of drug-likeness (QED) is 0.154. The number of hydrogen-bond acceptors (Lipinski definition) is 7. The van der Waals surface area contributed by atoms with E-state index in [1.807, 2.05) is 0 Å². The SMILES string of the molecule is C=COOOOOOOCCCCCCCCCCC(C)C. The topological polar surface area (TPSA) is 64.6 Å². The van der Waals surface area contributed by atoms with Gasteiger partial charge in [-0.1, -0.05) is 71.8 Å². The summed E-state index contributed by atoms with van der Waals surface area (Å²) in [6.07, 6.45) is 12.2. The molecular formula is C15H30O7. The van der Waals surface area contributed by atoms with E-state index in [0.717, 1.165) is 25.0 Å². The van der Waals surface area contributed by atoms with Gasteiger partial charge in [0.25, 0.3) is 0 Å². The Labute approximate surface area is 133 Å². The Bertz CT molecular complexity index is 224. The van der Waals surface area contributed by atoms with Crippen molar-refractivity contribution in [2.75, 3.05) is 6.61 Å². The Morgan fingerprint density at radius 1 is 0.727 bits per heavy atom. The molecule has 0 saturated heterocycles. The molecule has 0 radical (unpaired) electrons. The van der Waals surface area contributed by atoms with Crippen molar-refractivity contribution in [3.63, 3.8) is 0 Å². The molecule has 0 N–H and O–H groups in total. The monoisotopic (exact) mass is 322 g/mol. The van der Waals surface area contributed by atoms with Crippen molar-refractivity contribution in [2.24, 2.45) is 5.92 Å². The summed E-state index contributed by atoms with van der Waals surface area (Å²) in [6, 6.07) is 0. The lowest BCUT2D eigenvalue weighted by molar-refractivity contribution is -0.786. The first-order valence-corrected chi connectivity index (χ1v) is 8.00. The summed E-state index contributed by atoms with van der Waals surface area (Å²) < 4.78 is 0. The smallest absolute Gasteiger partial charge is 0.125 e. The van der Waals surface area contributed by atoms with Crippen LogP contribution in [0.5, 0.6) is 0 Å². The predicted molar refractivity (Wildman–Crippen MR) is 79.1 cm³/mol. The molecule has 22 heavy (non-hydrogen) atoms. The average Bonchev–Trinajstić information content (AvgIpc) is 2.50. The third kappa shape index (κ3) is 19.3. The van der Waals surface area contributed by atoms with Gasteiger partial charge in [0.1, 0.15) is 6.26 Å². The zero-order chi connectivity index (χ0) is 16.3. The van der Waals surface area contributed by atoms with Gasteiger partial charge in [0.2, 0.25) is 0 Å². The lowest BCUT2D eigenvalue weighted by Crippen LogP contribution is -2.01. The standard InChI is InChI=1S/C15H30O7/c1-4-16-18-20-22-21-19-17-14-12-10-8-6-5-7-9-11-13-15(2)3/h4,15H,1,5-14H2,2-3H3. The summed E-state index contributed by atoms with van der Waals surface area (Å²) in [4.78, 5) is 8.78. The normalized spacial score (nSPS) is 11.0. The molecule has 0 aliphatic heterocycles. The van der Waals surface area contributed by atoms with Crippen molar-refractivity contribution < 1.29 is 35.0 Å². The Balaban J connectivity index is 2.95. The Morgan fingerprint density at radius 2 is 1.27 bits per heavy atom. The van der Waals surface area contributed by atoms with E-state index in [4.69, 9.17) is 0 Å². The molecule has 0 aliphatic rings. The maximum Gasteiger partial charge on any atom is 0.125 e. The molecule has 0 aromatic heterocycles. The number of hydrogen-bond donors (Lipinski definition) is 0. The van der Waals surface area contributed by atoms with Gasteiger partial charge in [0.15, 0.2) is 0 Å². The first-order chi connectivity index (χ1) is 10.8.